The van der Waals surface area contributed by atoms with Gasteiger partial charge in [-0.05, 0) is 31.4 Å². The predicted molar refractivity (Wildman–Crippen MR) is 106 cm³/mol. The molecule has 2 aromatic rings. The van der Waals surface area contributed by atoms with Crippen LogP contribution in [-0.2, 0) is 16.0 Å². The fourth-order valence-electron chi connectivity index (χ4n) is 3.68. The van der Waals surface area contributed by atoms with Gasteiger partial charge in [0.25, 0.3) is 5.89 Å². The first-order valence-electron chi connectivity index (χ1n) is 10.0. The van der Waals surface area contributed by atoms with Crippen LogP contribution in [0, 0.1) is 6.92 Å². The van der Waals surface area contributed by atoms with Gasteiger partial charge in [-0.25, -0.2) is 0 Å². The van der Waals surface area contributed by atoms with Gasteiger partial charge in [-0.3, -0.25) is 9.59 Å². The van der Waals surface area contributed by atoms with E-state index in [0.29, 0.717) is 50.6 Å². The van der Waals surface area contributed by atoms with Crippen LogP contribution < -0.4 is 4.74 Å². The Labute approximate surface area is 170 Å². The summed E-state index contributed by atoms with van der Waals surface area (Å²) in [5.74, 6) is 1.75. The molecular weight excluding hydrogens is 372 g/mol. The van der Waals surface area contributed by atoms with Crippen LogP contribution >= 0.6 is 0 Å². The third-order valence-electron chi connectivity index (χ3n) is 5.20. The summed E-state index contributed by atoms with van der Waals surface area (Å²) in [5.41, 5.74) is 1.00. The van der Waals surface area contributed by atoms with Gasteiger partial charge in [-0.15, -0.1) is 0 Å². The maximum Gasteiger partial charge on any atom is 0.251 e. The molecule has 3 rings (SSSR count). The minimum Gasteiger partial charge on any atom is -0.496 e. The lowest BCUT2D eigenvalue weighted by Gasteiger charge is -2.29. The molecular formula is C21H28N4O4. The van der Waals surface area contributed by atoms with Crippen LogP contribution in [0.5, 0.6) is 5.75 Å². The fourth-order valence-corrected chi connectivity index (χ4v) is 3.68. The van der Waals surface area contributed by atoms with Crippen LogP contribution in [0.2, 0.25) is 0 Å². The number of carbonyl (C=O) groups excluding carboxylic acids is 2. The monoisotopic (exact) mass is 400 g/mol. The van der Waals surface area contributed by atoms with Gasteiger partial charge in [0.15, 0.2) is 5.82 Å². The van der Waals surface area contributed by atoms with Crippen LogP contribution in [-0.4, -0.2) is 58.5 Å². The Morgan fingerprint density at radius 3 is 2.72 bits per heavy atom. The van der Waals surface area contributed by atoms with E-state index in [0.717, 1.165) is 17.7 Å². The van der Waals surface area contributed by atoms with E-state index in [1.165, 1.54) is 0 Å². The largest absolute Gasteiger partial charge is 0.496 e. The van der Waals surface area contributed by atoms with E-state index >= 15 is 0 Å². The first-order chi connectivity index (χ1) is 14.0. The predicted octanol–water partition coefficient (Wildman–Crippen LogP) is 2.53. The zero-order valence-corrected chi connectivity index (χ0v) is 17.3. The Morgan fingerprint density at radius 1 is 1.24 bits per heavy atom. The zero-order valence-electron chi connectivity index (χ0n) is 17.3. The molecule has 8 nitrogen and oxygen atoms in total. The summed E-state index contributed by atoms with van der Waals surface area (Å²) in [6.45, 7) is 5.10. The van der Waals surface area contributed by atoms with Crippen molar-refractivity contribution in [3.05, 3.63) is 41.5 Å². The summed E-state index contributed by atoms with van der Waals surface area (Å²) in [6.07, 6.45) is 2.08. The van der Waals surface area contributed by atoms with Crippen molar-refractivity contribution >= 4 is 11.8 Å². The lowest BCUT2D eigenvalue weighted by Crippen LogP contribution is -2.40. The van der Waals surface area contributed by atoms with E-state index in [1.54, 1.807) is 18.9 Å². The molecule has 8 heteroatoms. The molecule has 1 fully saturated rings. The zero-order chi connectivity index (χ0) is 20.8. The average molecular weight is 400 g/mol. The van der Waals surface area contributed by atoms with Gasteiger partial charge in [-0.2, -0.15) is 4.98 Å². The average Bonchev–Trinajstić information content (AvgIpc) is 3.05. The first-order valence-corrected chi connectivity index (χ1v) is 10.0. The van der Waals surface area contributed by atoms with E-state index < -0.39 is 6.04 Å². The molecule has 1 saturated heterocycles. The van der Waals surface area contributed by atoms with Gasteiger partial charge in [0, 0.05) is 25.9 Å². The van der Waals surface area contributed by atoms with E-state index in [2.05, 4.69) is 10.1 Å². The van der Waals surface area contributed by atoms with Crippen molar-refractivity contribution in [2.45, 2.75) is 45.6 Å². The highest BCUT2D eigenvalue weighted by Crippen LogP contribution is 2.26. The summed E-state index contributed by atoms with van der Waals surface area (Å²) < 4.78 is 10.7. The Hall–Kier alpha value is -2.90. The molecule has 2 amide bonds. The summed E-state index contributed by atoms with van der Waals surface area (Å²) >= 11 is 0. The maximum atomic E-state index is 13.0. The highest BCUT2D eigenvalue weighted by molar-refractivity contribution is 5.78. The van der Waals surface area contributed by atoms with Crippen LogP contribution in [0.25, 0.3) is 0 Å². The third-order valence-corrected chi connectivity index (χ3v) is 5.20. The number of para-hydroxylation sites is 1. The summed E-state index contributed by atoms with van der Waals surface area (Å²) in [4.78, 5) is 33.4. The maximum absolute atomic E-state index is 13.0. The number of aromatic nitrogens is 2. The number of benzene rings is 1. The van der Waals surface area contributed by atoms with Crippen molar-refractivity contribution in [1.82, 2.24) is 19.9 Å². The van der Waals surface area contributed by atoms with Gasteiger partial charge < -0.3 is 19.1 Å². The molecule has 1 aromatic carbocycles. The number of rotatable bonds is 6. The van der Waals surface area contributed by atoms with Crippen molar-refractivity contribution in [2.75, 3.05) is 26.7 Å². The quantitative estimate of drug-likeness (QED) is 0.740. The molecule has 0 aliphatic carbocycles. The molecule has 1 aliphatic heterocycles. The van der Waals surface area contributed by atoms with E-state index in [1.807, 2.05) is 36.1 Å². The number of methoxy groups -OCH3 is 1. The van der Waals surface area contributed by atoms with E-state index in [-0.39, 0.29) is 11.8 Å². The smallest absolute Gasteiger partial charge is 0.251 e. The van der Waals surface area contributed by atoms with Gasteiger partial charge in [-0.1, -0.05) is 30.3 Å². The molecule has 1 aromatic heterocycles. The number of carbonyl (C=O) groups is 2. The molecule has 1 unspecified atom stereocenters. The van der Waals surface area contributed by atoms with E-state index in [4.69, 9.17) is 9.26 Å². The standard InChI is InChI=1S/C21H28N4O4/c1-4-19(26)25-13-7-12-24(14-17(25)21-22-15(2)23-29-21)20(27)11-10-16-8-5-6-9-18(16)28-3/h5-6,8-9,17H,4,7,10-14H2,1-3H3. The number of hydrogen-bond donors (Lipinski definition) is 0. The van der Waals surface area contributed by atoms with Crippen molar-refractivity contribution in [1.29, 1.82) is 0 Å². The van der Waals surface area contributed by atoms with Gasteiger partial charge in [0.2, 0.25) is 11.8 Å². The molecule has 1 aliphatic rings. The van der Waals surface area contributed by atoms with Crippen LogP contribution in [0.4, 0.5) is 0 Å². The molecule has 156 valence electrons. The molecule has 0 spiro atoms. The molecule has 29 heavy (non-hydrogen) atoms. The second-order valence-electron chi connectivity index (χ2n) is 7.14. The topological polar surface area (TPSA) is 88.8 Å². The summed E-state index contributed by atoms with van der Waals surface area (Å²) in [6, 6.07) is 7.31. The number of hydrogen-bond acceptors (Lipinski definition) is 6. The minimum atomic E-state index is -0.415. The third kappa shape index (κ3) is 4.93. The Kier molecular flexibility index (Phi) is 6.85. The SMILES string of the molecule is CCC(=O)N1CCCN(C(=O)CCc2ccccc2OC)CC1c1nc(C)no1. The van der Waals surface area contributed by atoms with E-state index in [9.17, 15) is 9.59 Å². The first kappa shape index (κ1) is 20.8. The van der Waals surface area contributed by atoms with Crippen LogP contribution in [0.3, 0.4) is 0 Å². The molecule has 1 atom stereocenters. The lowest BCUT2D eigenvalue weighted by molar-refractivity contribution is -0.136. The lowest BCUT2D eigenvalue weighted by atomic mass is 10.1. The van der Waals surface area contributed by atoms with Crippen molar-refractivity contribution in [3.63, 3.8) is 0 Å². The van der Waals surface area contributed by atoms with Gasteiger partial charge in [0.05, 0.1) is 13.7 Å². The highest BCUT2D eigenvalue weighted by atomic mass is 16.5. The summed E-state index contributed by atoms with van der Waals surface area (Å²) in [5, 5.41) is 3.87. The van der Waals surface area contributed by atoms with Gasteiger partial charge in [0.1, 0.15) is 11.8 Å². The summed E-state index contributed by atoms with van der Waals surface area (Å²) in [7, 11) is 1.63. The Balaban J connectivity index is 1.73. The number of amides is 2. The van der Waals surface area contributed by atoms with Gasteiger partial charge >= 0.3 is 0 Å². The molecule has 0 N–H and O–H groups in total. The number of aryl methyl sites for hydroxylation is 2. The molecule has 0 bridgehead atoms. The Morgan fingerprint density at radius 2 is 2.03 bits per heavy atom. The second-order valence-corrected chi connectivity index (χ2v) is 7.14. The fraction of sp³-hybridized carbons (Fsp3) is 0.524. The van der Waals surface area contributed by atoms with Crippen LogP contribution in [0.1, 0.15) is 49.5 Å². The minimum absolute atomic E-state index is 0.0224. The normalized spacial score (nSPS) is 17.1. The molecule has 0 saturated carbocycles. The van der Waals surface area contributed by atoms with Crippen LogP contribution in [0.15, 0.2) is 28.8 Å². The van der Waals surface area contributed by atoms with Crippen molar-refractivity contribution in [2.24, 2.45) is 0 Å². The highest BCUT2D eigenvalue weighted by Gasteiger charge is 2.34. The van der Waals surface area contributed by atoms with Crippen molar-refractivity contribution < 1.29 is 18.8 Å². The second kappa shape index (κ2) is 9.54. The Bertz CT molecular complexity index is 851. The van der Waals surface area contributed by atoms with Crippen molar-refractivity contribution in [3.8, 4) is 5.75 Å². The number of ether oxygens (including phenoxy) is 1. The molecule has 2 heterocycles. The number of nitrogens with zero attached hydrogens (tertiary/aromatic N) is 4. The molecule has 0 radical (unpaired) electrons.